The number of aryl methyl sites for hydroxylation is 2. The van der Waals surface area contributed by atoms with E-state index in [2.05, 4.69) is 5.32 Å². The highest BCUT2D eigenvalue weighted by Gasteiger charge is 2.24. The Balaban J connectivity index is 1.92. The molecular weight excluding hydrogens is 381 g/mol. The fourth-order valence-corrected chi connectivity index (χ4v) is 3.12. The molecule has 0 fully saturated rings. The first-order chi connectivity index (χ1) is 12.9. The van der Waals surface area contributed by atoms with E-state index in [-0.39, 0.29) is 5.91 Å². The average Bonchev–Trinajstić information content (AvgIpc) is 2.64. The van der Waals surface area contributed by atoms with E-state index in [0.717, 1.165) is 22.4 Å². The number of ether oxygens (including phenoxy) is 1. The molecule has 3 rings (SSSR count). The molecule has 1 atom stereocenters. The Bertz CT molecular complexity index is 958. The average molecular weight is 400 g/mol. The summed E-state index contributed by atoms with van der Waals surface area (Å²) in [7, 11) is 0. The summed E-state index contributed by atoms with van der Waals surface area (Å²) >= 11 is 12.2. The van der Waals surface area contributed by atoms with Crippen LogP contribution in [0.3, 0.4) is 0 Å². The van der Waals surface area contributed by atoms with Crippen LogP contribution in [0.5, 0.6) is 5.75 Å². The zero-order valence-electron chi connectivity index (χ0n) is 15.0. The van der Waals surface area contributed by atoms with Crippen LogP contribution in [0, 0.1) is 13.8 Å². The van der Waals surface area contributed by atoms with Crippen molar-refractivity contribution < 1.29 is 9.53 Å². The van der Waals surface area contributed by atoms with E-state index in [9.17, 15) is 4.79 Å². The van der Waals surface area contributed by atoms with Gasteiger partial charge in [0.15, 0.2) is 0 Å². The summed E-state index contributed by atoms with van der Waals surface area (Å²) in [5.41, 5.74) is 3.53. The van der Waals surface area contributed by atoms with Crippen LogP contribution in [0.15, 0.2) is 66.7 Å². The number of halogens is 2. The van der Waals surface area contributed by atoms with Crippen LogP contribution in [-0.4, -0.2) is 5.91 Å². The third-order valence-corrected chi connectivity index (χ3v) is 4.66. The van der Waals surface area contributed by atoms with Gasteiger partial charge in [0.1, 0.15) is 5.75 Å². The molecule has 3 aromatic rings. The Hall–Kier alpha value is -2.49. The minimum absolute atomic E-state index is 0.277. The molecule has 3 nitrogen and oxygen atoms in total. The van der Waals surface area contributed by atoms with Gasteiger partial charge < -0.3 is 10.1 Å². The molecule has 1 unspecified atom stereocenters. The number of hydrogen-bond donors (Lipinski definition) is 1. The van der Waals surface area contributed by atoms with E-state index >= 15 is 0 Å². The Morgan fingerprint density at radius 1 is 0.963 bits per heavy atom. The molecular formula is C22H19Cl2NO2. The number of benzene rings is 3. The highest BCUT2D eigenvalue weighted by Crippen LogP contribution is 2.32. The molecule has 1 N–H and O–H groups in total. The predicted octanol–water partition coefficient (Wildman–Crippen LogP) is 6.37. The fraction of sp³-hybridized carbons (Fsp3) is 0.136. The first kappa shape index (κ1) is 19.3. The molecule has 0 radical (unpaired) electrons. The van der Waals surface area contributed by atoms with E-state index in [1.54, 1.807) is 18.2 Å². The molecule has 3 aromatic carbocycles. The minimum atomic E-state index is -0.857. The molecule has 5 heteroatoms. The van der Waals surface area contributed by atoms with Gasteiger partial charge in [0.05, 0.1) is 5.02 Å². The number of amides is 1. The maximum Gasteiger partial charge on any atom is 0.270 e. The molecule has 0 aliphatic carbocycles. The number of anilines is 1. The topological polar surface area (TPSA) is 38.3 Å². The molecule has 1 amide bonds. The van der Waals surface area contributed by atoms with Crippen LogP contribution >= 0.6 is 23.2 Å². The Morgan fingerprint density at radius 2 is 1.70 bits per heavy atom. The lowest BCUT2D eigenvalue weighted by molar-refractivity contribution is -0.123. The van der Waals surface area contributed by atoms with Crippen molar-refractivity contribution in [3.05, 3.63) is 93.5 Å². The van der Waals surface area contributed by atoms with Crippen LogP contribution in [-0.2, 0) is 4.79 Å². The van der Waals surface area contributed by atoms with Crippen LogP contribution in [0.2, 0.25) is 10.0 Å². The van der Waals surface area contributed by atoms with Crippen molar-refractivity contribution in [2.45, 2.75) is 20.0 Å². The van der Waals surface area contributed by atoms with Crippen LogP contribution in [0.4, 0.5) is 5.69 Å². The molecule has 0 aliphatic rings. The third-order valence-electron chi connectivity index (χ3n) is 4.13. The second kappa shape index (κ2) is 8.47. The van der Waals surface area contributed by atoms with Gasteiger partial charge in [0, 0.05) is 16.3 Å². The summed E-state index contributed by atoms with van der Waals surface area (Å²) < 4.78 is 5.99. The van der Waals surface area contributed by atoms with E-state index < -0.39 is 6.10 Å². The number of hydrogen-bond acceptors (Lipinski definition) is 2. The lowest BCUT2D eigenvalue weighted by atomic mass is 10.1. The van der Waals surface area contributed by atoms with Crippen molar-refractivity contribution in [2.75, 3.05) is 5.32 Å². The second-order valence-electron chi connectivity index (χ2n) is 6.29. The molecule has 138 valence electrons. The lowest BCUT2D eigenvalue weighted by Crippen LogP contribution is -2.26. The molecule has 0 spiro atoms. The first-order valence-electron chi connectivity index (χ1n) is 8.49. The summed E-state index contributed by atoms with van der Waals surface area (Å²) in [4.78, 5) is 13.1. The van der Waals surface area contributed by atoms with Gasteiger partial charge in [-0.3, -0.25) is 4.79 Å². The molecule has 0 aromatic heterocycles. The lowest BCUT2D eigenvalue weighted by Gasteiger charge is -2.20. The fourth-order valence-electron chi connectivity index (χ4n) is 2.67. The summed E-state index contributed by atoms with van der Waals surface area (Å²) in [6, 6.07) is 20.1. The standard InChI is InChI=1S/C22H19Cl2NO2/c1-14-8-9-15(2)19(12-14)25-22(26)21(16-6-4-3-5-7-16)27-20-11-10-17(23)13-18(20)24/h3-13,21H,1-2H3,(H,25,26). The highest BCUT2D eigenvalue weighted by molar-refractivity contribution is 6.35. The normalized spacial score (nSPS) is 11.7. The quantitative estimate of drug-likeness (QED) is 0.541. The van der Waals surface area contributed by atoms with Crippen molar-refractivity contribution in [2.24, 2.45) is 0 Å². The number of rotatable bonds is 5. The number of nitrogens with one attached hydrogen (secondary N) is 1. The van der Waals surface area contributed by atoms with Gasteiger partial charge in [-0.25, -0.2) is 0 Å². The van der Waals surface area contributed by atoms with Gasteiger partial charge in [-0.2, -0.15) is 0 Å². The summed E-state index contributed by atoms with van der Waals surface area (Å²) in [5.74, 6) is 0.118. The van der Waals surface area contributed by atoms with Crippen LogP contribution < -0.4 is 10.1 Å². The van der Waals surface area contributed by atoms with Gasteiger partial charge in [0.25, 0.3) is 5.91 Å². The Labute approximate surface area is 168 Å². The Morgan fingerprint density at radius 3 is 2.41 bits per heavy atom. The van der Waals surface area contributed by atoms with Crippen molar-refractivity contribution in [1.29, 1.82) is 0 Å². The molecule has 0 aliphatic heterocycles. The van der Waals surface area contributed by atoms with Gasteiger partial charge in [-0.15, -0.1) is 0 Å². The second-order valence-corrected chi connectivity index (χ2v) is 7.13. The third kappa shape index (κ3) is 4.82. The van der Waals surface area contributed by atoms with Gasteiger partial charge in [-0.1, -0.05) is 65.7 Å². The van der Waals surface area contributed by atoms with Crippen molar-refractivity contribution in [1.82, 2.24) is 0 Å². The van der Waals surface area contributed by atoms with Gasteiger partial charge >= 0.3 is 0 Å². The zero-order valence-corrected chi connectivity index (χ0v) is 16.5. The highest BCUT2D eigenvalue weighted by atomic mass is 35.5. The molecule has 0 saturated heterocycles. The van der Waals surface area contributed by atoms with E-state index in [1.807, 2.05) is 62.4 Å². The smallest absolute Gasteiger partial charge is 0.270 e. The molecule has 0 saturated carbocycles. The van der Waals surface area contributed by atoms with Gasteiger partial charge in [0.2, 0.25) is 6.10 Å². The number of carbonyl (C=O) groups is 1. The SMILES string of the molecule is Cc1ccc(C)c(NC(=O)C(Oc2ccc(Cl)cc2Cl)c2ccccc2)c1. The maximum atomic E-state index is 13.1. The van der Waals surface area contributed by atoms with E-state index in [1.165, 1.54) is 0 Å². The minimum Gasteiger partial charge on any atom is -0.474 e. The van der Waals surface area contributed by atoms with Gasteiger partial charge in [-0.05, 0) is 49.2 Å². The van der Waals surface area contributed by atoms with Crippen molar-refractivity contribution in [3.8, 4) is 5.75 Å². The summed E-state index contributed by atoms with van der Waals surface area (Å²) in [6.07, 6.45) is -0.857. The zero-order chi connectivity index (χ0) is 19.4. The molecule has 0 heterocycles. The van der Waals surface area contributed by atoms with E-state index in [0.29, 0.717) is 15.8 Å². The molecule has 27 heavy (non-hydrogen) atoms. The largest absolute Gasteiger partial charge is 0.474 e. The maximum absolute atomic E-state index is 13.1. The first-order valence-corrected chi connectivity index (χ1v) is 9.24. The predicted molar refractivity (Wildman–Crippen MR) is 111 cm³/mol. The summed E-state index contributed by atoms with van der Waals surface area (Å²) in [6.45, 7) is 3.93. The summed E-state index contributed by atoms with van der Waals surface area (Å²) in [5, 5.41) is 3.82. The monoisotopic (exact) mass is 399 g/mol. The van der Waals surface area contributed by atoms with Crippen LogP contribution in [0.1, 0.15) is 22.8 Å². The van der Waals surface area contributed by atoms with E-state index in [4.69, 9.17) is 27.9 Å². The van der Waals surface area contributed by atoms with Crippen molar-refractivity contribution >= 4 is 34.8 Å². The molecule has 0 bridgehead atoms. The van der Waals surface area contributed by atoms with Crippen LogP contribution in [0.25, 0.3) is 0 Å². The Kier molecular flexibility index (Phi) is 6.04. The number of carbonyl (C=O) groups excluding carboxylic acids is 1. The van der Waals surface area contributed by atoms with Crippen molar-refractivity contribution in [3.63, 3.8) is 0 Å².